The minimum absolute atomic E-state index is 0.0746. The van der Waals surface area contributed by atoms with E-state index in [0.29, 0.717) is 5.69 Å². The first-order chi connectivity index (χ1) is 16.9. The number of aliphatic imine (C=N–C) groups is 1. The highest BCUT2D eigenvalue weighted by Crippen LogP contribution is 2.29. The quantitative estimate of drug-likeness (QED) is 0.501. The Morgan fingerprint density at radius 1 is 0.943 bits per heavy atom. The van der Waals surface area contributed by atoms with Crippen molar-refractivity contribution in [2.75, 3.05) is 16.0 Å². The fourth-order valence-corrected chi connectivity index (χ4v) is 3.94. The second kappa shape index (κ2) is 10.7. The van der Waals surface area contributed by atoms with Gasteiger partial charge in [-0.2, -0.15) is 0 Å². The molecule has 0 aromatic heterocycles. The molecular formula is C25H18F2N4O3S. The Balaban J connectivity index is 1.48. The van der Waals surface area contributed by atoms with E-state index in [1.165, 1.54) is 53.4 Å². The maximum Gasteiger partial charge on any atom is 0.325 e. The summed E-state index contributed by atoms with van der Waals surface area (Å²) in [7, 11) is 0. The van der Waals surface area contributed by atoms with Crippen molar-refractivity contribution in [2.45, 2.75) is 0 Å². The van der Waals surface area contributed by atoms with Crippen molar-refractivity contribution in [3.05, 3.63) is 102 Å². The highest BCUT2D eigenvalue weighted by Gasteiger charge is 2.32. The van der Waals surface area contributed by atoms with Gasteiger partial charge in [-0.25, -0.2) is 18.6 Å². The molecule has 1 heterocycles. The molecule has 4 amide bonds. The molecule has 0 fully saturated rings. The van der Waals surface area contributed by atoms with E-state index in [1.807, 2.05) is 30.3 Å². The van der Waals surface area contributed by atoms with Gasteiger partial charge in [0.15, 0.2) is 5.17 Å². The van der Waals surface area contributed by atoms with E-state index >= 15 is 0 Å². The molecule has 4 rings (SSSR count). The van der Waals surface area contributed by atoms with Crippen LogP contribution in [0.4, 0.5) is 25.0 Å². The number of nitrogens with zero attached hydrogens (tertiary/aromatic N) is 2. The number of imide groups is 1. The summed E-state index contributed by atoms with van der Waals surface area (Å²) in [6, 6.07) is 19.0. The second-order valence-electron chi connectivity index (χ2n) is 7.22. The number of amides is 4. The normalized spacial score (nSPS) is 14.1. The number of rotatable bonds is 5. The molecule has 1 aliphatic heterocycles. The zero-order valence-corrected chi connectivity index (χ0v) is 18.9. The van der Waals surface area contributed by atoms with Gasteiger partial charge in [0.25, 0.3) is 5.91 Å². The molecule has 3 aromatic carbocycles. The number of benzene rings is 3. The van der Waals surface area contributed by atoms with Crippen molar-refractivity contribution in [2.24, 2.45) is 4.99 Å². The highest BCUT2D eigenvalue weighted by atomic mass is 32.2. The topological polar surface area (TPSA) is 90.9 Å². The van der Waals surface area contributed by atoms with Gasteiger partial charge >= 0.3 is 6.03 Å². The van der Waals surface area contributed by atoms with Crippen LogP contribution in [0.5, 0.6) is 0 Å². The SMILES string of the molecule is O=C(CSC1=N/C(=C/c2ccccc2)C(=O)N1c1ccc(F)cc1)NC(=O)Nc1ccccc1F. The average molecular weight is 493 g/mol. The Labute approximate surface area is 203 Å². The third kappa shape index (κ3) is 5.98. The van der Waals surface area contributed by atoms with Crippen LogP contribution in [0.2, 0.25) is 0 Å². The standard InChI is InChI=1S/C25H18F2N4O3S/c26-17-10-12-18(13-11-17)31-23(33)21(14-16-6-2-1-3-7-16)29-25(31)35-15-22(32)30-24(34)28-20-9-5-4-8-19(20)27/h1-14H,15H2,(H2,28,30,32,34)/b21-14+. The van der Waals surface area contributed by atoms with Gasteiger partial charge in [0.2, 0.25) is 5.91 Å². The lowest BCUT2D eigenvalue weighted by Gasteiger charge is -2.17. The van der Waals surface area contributed by atoms with E-state index in [0.717, 1.165) is 17.3 Å². The molecule has 0 radical (unpaired) electrons. The summed E-state index contributed by atoms with van der Waals surface area (Å²) in [4.78, 5) is 43.1. The molecule has 176 valence electrons. The monoisotopic (exact) mass is 492 g/mol. The van der Waals surface area contributed by atoms with Gasteiger partial charge in [0.05, 0.1) is 17.1 Å². The average Bonchev–Trinajstić information content (AvgIpc) is 3.15. The Kier molecular flexibility index (Phi) is 7.32. The molecule has 0 saturated heterocycles. The predicted octanol–water partition coefficient (Wildman–Crippen LogP) is 4.79. The van der Waals surface area contributed by atoms with Crippen molar-refractivity contribution >= 4 is 52.2 Å². The number of anilines is 2. The number of hydrogen-bond donors (Lipinski definition) is 2. The molecule has 0 bridgehead atoms. The van der Waals surface area contributed by atoms with Crippen LogP contribution in [-0.4, -0.2) is 28.8 Å². The van der Waals surface area contributed by atoms with E-state index in [-0.39, 0.29) is 22.3 Å². The van der Waals surface area contributed by atoms with E-state index < -0.39 is 29.5 Å². The maximum absolute atomic E-state index is 13.7. The first-order valence-corrected chi connectivity index (χ1v) is 11.3. The predicted molar refractivity (Wildman–Crippen MR) is 132 cm³/mol. The van der Waals surface area contributed by atoms with Crippen LogP contribution < -0.4 is 15.5 Å². The lowest BCUT2D eigenvalue weighted by atomic mass is 10.2. The Hall–Kier alpha value is -4.31. The lowest BCUT2D eigenvalue weighted by molar-refractivity contribution is -0.117. The highest BCUT2D eigenvalue weighted by molar-refractivity contribution is 8.14. The summed E-state index contributed by atoms with van der Waals surface area (Å²) in [6.45, 7) is 0. The number of para-hydroxylation sites is 1. The minimum atomic E-state index is -0.898. The summed E-state index contributed by atoms with van der Waals surface area (Å²) in [6.07, 6.45) is 1.61. The summed E-state index contributed by atoms with van der Waals surface area (Å²) in [5.74, 6) is -2.49. The number of nitrogens with one attached hydrogen (secondary N) is 2. The zero-order chi connectivity index (χ0) is 24.8. The molecule has 10 heteroatoms. The van der Waals surface area contributed by atoms with Gasteiger partial charge in [0.1, 0.15) is 17.3 Å². The Morgan fingerprint density at radius 2 is 1.63 bits per heavy atom. The summed E-state index contributed by atoms with van der Waals surface area (Å²) < 4.78 is 27.1. The summed E-state index contributed by atoms with van der Waals surface area (Å²) in [5.41, 5.74) is 1.19. The number of amidine groups is 1. The van der Waals surface area contributed by atoms with Crippen LogP contribution in [0, 0.1) is 11.6 Å². The molecule has 2 N–H and O–H groups in total. The largest absolute Gasteiger partial charge is 0.325 e. The summed E-state index contributed by atoms with van der Waals surface area (Å²) >= 11 is 0.923. The number of carbonyl (C=O) groups excluding carboxylic acids is 3. The molecule has 0 aliphatic carbocycles. The molecule has 7 nitrogen and oxygen atoms in total. The molecule has 35 heavy (non-hydrogen) atoms. The third-order valence-electron chi connectivity index (χ3n) is 4.72. The third-order valence-corrected chi connectivity index (χ3v) is 5.66. The van der Waals surface area contributed by atoms with Crippen molar-refractivity contribution in [3.63, 3.8) is 0 Å². The van der Waals surface area contributed by atoms with Gasteiger partial charge in [-0.15, -0.1) is 0 Å². The first kappa shape index (κ1) is 23.8. The number of carbonyl (C=O) groups is 3. The maximum atomic E-state index is 13.7. The van der Waals surface area contributed by atoms with Gasteiger partial charge in [-0.05, 0) is 48.0 Å². The molecule has 1 aliphatic rings. The molecule has 0 spiro atoms. The number of halogens is 2. The number of hydrogen-bond acceptors (Lipinski definition) is 5. The van der Waals surface area contributed by atoms with Crippen LogP contribution in [0.15, 0.2) is 89.6 Å². The van der Waals surface area contributed by atoms with E-state index in [9.17, 15) is 23.2 Å². The lowest BCUT2D eigenvalue weighted by Crippen LogP contribution is -2.37. The Morgan fingerprint density at radius 3 is 2.34 bits per heavy atom. The van der Waals surface area contributed by atoms with E-state index in [4.69, 9.17) is 0 Å². The van der Waals surface area contributed by atoms with Gasteiger partial charge in [-0.1, -0.05) is 54.2 Å². The van der Waals surface area contributed by atoms with Crippen LogP contribution in [0.25, 0.3) is 6.08 Å². The van der Waals surface area contributed by atoms with Gasteiger partial charge in [0, 0.05) is 0 Å². The smallest absolute Gasteiger partial charge is 0.305 e. The van der Waals surface area contributed by atoms with Gasteiger partial charge in [-0.3, -0.25) is 19.8 Å². The number of urea groups is 1. The fourth-order valence-electron chi connectivity index (χ4n) is 3.13. The van der Waals surface area contributed by atoms with Crippen molar-refractivity contribution in [3.8, 4) is 0 Å². The molecular weight excluding hydrogens is 474 g/mol. The van der Waals surface area contributed by atoms with Crippen molar-refractivity contribution < 1.29 is 23.2 Å². The Bertz CT molecular complexity index is 1330. The van der Waals surface area contributed by atoms with Crippen molar-refractivity contribution in [1.82, 2.24) is 5.32 Å². The number of thioether (sulfide) groups is 1. The van der Waals surface area contributed by atoms with E-state index in [1.54, 1.807) is 6.08 Å². The van der Waals surface area contributed by atoms with Crippen LogP contribution in [-0.2, 0) is 9.59 Å². The first-order valence-electron chi connectivity index (χ1n) is 10.3. The van der Waals surface area contributed by atoms with Crippen LogP contribution in [0.1, 0.15) is 5.56 Å². The molecule has 0 unspecified atom stereocenters. The molecule has 0 saturated carbocycles. The summed E-state index contributed by atoms with van der Waals surface area (Å²) in [5, 5.41) is 4.55. The second-order valence-corrected chi connectivity index (χ2v) is 8.16. The van der Waals surface area contributed by atoms with Crippen LogP contribution >= 0.6 is 11.8 Å². The minimum Gasteiger partial charge on any atom is -0.305 e. The molecule has 3 aromatic rings. The molecule has 0 atom stereocenters. The van der Waals surface area contributed by atoms with Crippen molar-refractivity contribution in [1.29, 1.82) is 0 Å². The zero-order valence-electron chi connectivity index (χ0n) is 18.1. The van der Waals surface area contributed by atoms with E-state index in [2.05, 4.69) is 15.6 Å². The van der Waals surface area contributed by atoms with Crippen LogP contribution in [0.3, 0.4) is 0 Å². The van der Waals surface area contributed by atoms with Gasteiger partial charge < -0.3 is 5.32 Å². The fraction of sp³-hybridized carbons (Fsp3) is 0.0400.